The normalized spacial score (nSPS) is 30.7. The summed E-state index contributed by atoms with van der Waals surface area (Å²) < 4.78 is 49.4. The van der Waals surface area contributed by atoms with Crippen LogP contribution < -0.4 is 14.4 Å². The molecular weight excluding hydrogens is 748 g/mol. The van der Waals surface area contributed by atoms with E-state index >= 15 is 0 Å². The van der Waals surface area contributed by atoms with Gasteiger partial charge in [0.15, 0.2) is 0 Å². The number of aryl methyl sites for hydroxylation is 1. The van der Waals surface area contributed by atoms with Gasteiger partial charge in [-0.1, -0.05) is 50.6 Å². The fourth-order valence-electron chi connectivity index (χ4n) is 9.36. The molecule has 308 valence electrons. The Hall–Kier alpha value is -2.67. The second kappa shape index (κ2) is 17.7. The summed E-state index contributed by atoms with van der Waals surface area (Å²) in [6.45, 7) is 18.6. The Morgan fingerprint density at radius 3 is 2.46 bits per heavy atom. The first-order chi connectivity index (χ1) is 26.8. The van der Waals surface area contributed by atoms with Crippen molar-refractivity contribution in [1.29, 1.82) is 0 Å². The Morgan fingerprint density at radius 1 is 0.982 bits per heavy atom. The predicted octanol–water partition coefficient (Wildman–Crippen LogP) is 6.95. The Bertz CT molecular complexity index is 1830. The predicted molar refractivity (Wildman–Crippen MR) is 223 cm³/mol. The van der Waals surface area contributed by atoms with E-state index in [1.165, 1.54) is 5.56 Å². The Morgan fingerprint density at radius 2 is 1.77 bits per heavy atom. The van der Waals surface area contributed by atoms with Gasteiger partial charge in [0.2, 0.25) is 10.0 Å². The van der Waals surface area contributed by atoms with Gasteiger partial charge in [0.05, 0.1) is 36.8 Å². The number of ether oxygens (including phenoxy) is 3. The molecule has 6 atom stereocenters. The average molecular weight is 812 g/mol. The van der Waals surface area contributed by atoms with Crippen molar-refractivity contribution in [3.05, 3.63) is 70.3 Å². The number of rotatable bonds is 6. The molecule has 2 saturated heterocycles. The van der Waals surface area contributed by atoms with Gasteiger partial charge in [0.25, 0.3) is 5.91 Å². The SMILES string of the molecule is CC(C)CO[C@]1([C@H](C)N2CCN(C3COC3)CC2)/C=C/C[C@H](C)[C@@H](C)S(=O)(=O)NC(=O)c2ccc3c(c2)N(CCCCc2cc(Cl)ccc2CO3)C[C@@H]2CC[C@H]21. The third-order valence-corrected chi connectivity index (χ3v) is 15.6. The fraction of sp³-hybridized carbons (Fsp3) is 0.659. The zero-order chi connectivity index (χ0) is 39.6. The van der Waals surface area contributed by atoms with E-state index in [9.17, 15) is 13.2 Å². The van der Waals surface area contributed by atoms with E-state index in [0.29, 0.717) is 48.8 Å². The van der Waals surface area contributed by atoms with E-state index in [1.54, 1.807) is 13.0 Å². The minimum Gasteiger partial charge on any atom is -0.487 e. The summed E-state index contributed by atoms with van der Waals surface area (Å²) in [7, 11) is -3.98. The summed E-state index contributed by atoms with van der Waals surface area (Å²) in [5, 5.41) is -0.0718. The number of benzene rings is 2. The lowest BCUT2D eigenvalue weighted by Crippen LogP contribution is -2.65. The van der Waals surface area contributed by atoms with Crippen LogP contribution in [-0.2, 0) is 32.5 Å². The number of piperazine rings is 1. The summed E-state index contributed by atoms with van der Waals surface area (Å²) in [5.74, 6) is 0.750. The van der Waals surface area contributed by atoms with Gasteiger partial charge >= 0.3 is 0 Å². The molecular formula is C44H63ClN4O6S. The molecule has 0 spiro atoms. The molecule has 56 heavy (non-hydrogen) atoms. The smallest absolute Gasteiger partial charge is 0.264 e. The topological polar surface area (TPSA) is 101 Å². The molecule has 4 heterocycles. The molecule has 2 bridgehead atoms. The summed E-state index contributed by atoms with van der Waals surface area (Å²) in [5.41, 5.74) is 2.83. The number of halogens is 1. The van der Waals surface area contributed by atoms with E-state index in [2.05, 4.69) is 52.3 Å². The van der Waals surface area contributed by atoms with Crippen LogP contribution in [0.15, 0.2) is 48.6 Å². The van der Waals surface area contributed by atoms with Crippen LogP contribution in [0.4, 0.5) is 5.69 Å². The number of carbonyl (C=O) groups is 1. The van der Waals surface area contributed by atoms with Crippen LogP contribution in [0, 0.1) is 23.7 Å². The van der Waals surface area contributed by atoms with Crippen LogP contribution in [0.5, 0.6) is 5.75 Å². The number of nitrogens with one attached hydrogen (secondary N) is 1. The fourth-order valence-corrected chi connectivity index (χ4v) is 10.8. The molecule has 0 radical (unpaired) electrons. The zero-order valence-corrected chi connectivity index (χ0v) is 35.6. The van der Waals surface area contributed by atoms with Crippen molar-refractivity contribution in [3.63, 3.8) is 0 Å². The van der Waals surface area contributed by atoms with Crippen LogP contribution in [-0.4, -0.2) is 106 Å². The Balaban J connectivity index is 1.28. The number of hydrogen-bond donors (Lipinski definition) is 1. The molecule has 4 aliphatic heterocycles. The lowest BCUT2D eigenvalue weighted by atomic mass is 9.61. The van der Waals surface area contributed by atoms with Crippen LogP contribution in [0.2, 0.25) is 5.02 Å². The van der Waals surface area contributed by atoms with Gasteiger partial charge in [0.1, 0.15) is 18.0 Å². The summed E-state index contributed by atoms with van der Waals surface area (Å²) in [4.78, 5) is 21.3. The molecule has 1 aliphatic carbocycles. The number of amides is 1. The number of allylic oxidation sites excluding steroid dienone is 1. The van der Waals surface area contributed by atoms with Gasteiger partial charge in [-0.2, -0.15) is 0 Å². The molecule has 0 aromatic heterocycles. The van der Waals surface area contributed by atoms with Gasteiger partial charge in [-0.15, -0.1) is 0 Å². The number of carbonyl (C=O) groups excluding carboxylic acids is 1. The highest BCUT2D eigenvalue weighted by atomic mass is 35.5. The van der Waals surface area contributed by atoms with E-state index in [4.69, 9.17) is 25.8 Å². The molecule has 3 fully saturated rings. The first kappa shape index (κ1) is 41.5. The molecule has 1 amide bonds. The Labute approximate surface area is 340 Å². The lowest BCUT2D eigenvalue weighted by Gasteiger charge is -2.56. The lowest BCUT2D eigenvalue weighted by molar-refractivity contribution is -0.152. The highest BCUT2D eigenvalue weighted by molar-refractivity contribution is 7.90. The monoisotopic (exact) mass is 810 g/mol. The van der Waals surface area contributed by atoms with Crippen molar-refractivity contribution >= 4 is 33.2 Å². The van der Waals surface area contributed by atoms with Crippen molar-refractivity contribution in [2.75, 3.05) is 64.0 Å². The maximum Gasteiger partial charge on any atom is 0.264 e. The third kappa shape index (κ3) is 8.98. The second-order valence-corrected chi connectivity index (χ2v) is 20.0. The number of sulfonamides is 1. The van der Waals surface area contributed by atoms with Crippen molar-refractivity contribution < 1.29 is 27.4 Å². The minimum atomic E-state index is -3.98. The van der Waals surface area contributed by atoms with Gasteiger partial charge in [0, 0.05) is 55.9 Å². The maximum absolute atomic E-state index is 13.8. The largest absolute Gasteiger partial charge is 0.487 e. The van der Waals surface area contributed by atoms with Gasteiger partial charge < -0.3 is 19.1 Å². The number of anilines is 1. The van der Waals surface area contributed by atoms with Crippen LogP contribution in [0.25, 0.3) is 0 Å². The summed E-state index contributed by atoms with van der Waals surface area (Å²) >= 11 is 6.44. The van der Waals surface area contributed by atoms with Crippen molar-refractivity contribution in [1.82, 2.24) is 14.5 Å². The van der Waals surface area contributed by atoms with E-state index in [0.717, 1.165) is 101 Å². The van der Waals surface area contributed by atoms with Crippen LogP contribution >= 0.6 is 11.6 Å². The molecule has 2 aromatic rings. The number of fused-ring (bicyclic) bond motifs is 3. The van der Waals surface area contributed by atoms with Crippen molar-refractivity contribution in [2.24, 2.45) is 23.7 Å². The highest BCUT2D eigenvalue weighted by Crippen LogP contribution is 2.49. The van der Waals surface area contributed by atoms with E-state index in [1.807, 2.05) is 37.3 Å². The number of hydrogen-bond acceptors (Lipinski definition) is 9. The molecule has 2 aromatic carbocycles. The molecule has 12 heteroatoms. The standard InChI is InChI=1S/C44H63ClN4O6S/c1-30(2)26-55-44(33(5)47-19-21-48(22-20-47)39-28-53-29-39)17-8-9-31(3)32(4)56(51,52)46-43(50)35-13-16-42-41(24-35)49(25-36-12-15-40(36)44)18-7-6-10-34-23-38(45)14-11-37(34)27-54-42/h8,11,13-14,16-17,23-24,30-33,36,39-40H,6-7,9-10,12,15,18-22,25-29H2,1-5H3,(H,46,50)/b17-8+/t31-,32+,33-,36-,40+,44-/m0/s1. The second-order valence-electron chi connectivity index (χ2n) is 17.5. The molecule has 0 unspecified atom stereocenters. The number of nitrogens with zero attached hydrogens (tertiary/aromatic N) is 3. The van der Waals surface area contributed by atoms with Gasteiger partial charge in [-0.25, -0.2) is 13.1 Å². The van der Waals surface area contributed by atoms with Gasteiger partial charge in [-0.05, 0) is 118 Å². The van der Waals surface area contributed by atoms with Crippen molar-refractivity contribution in [3.8, 4) is 5.75 Å². The van der Waals surface area contributed by atoms with Crippen molar-refractivity contribution in [2.45, 2.75) is 103 Å². The quantitative estimate of drug-likeness (QED) is 0.311. The van der Waals surface area contributed by atoms with E-state index in [-0.39, 0.29) is 17.9 Å². The molecule has 10 nitrogen and oxygen atoms in total. The maximum atomic E-state index is 13.8. The Kier molecular flexibility index (Phi) is 13.1. The summed E-state index contributed by atoms with van der Waals surface area (Å²) in [6, 6.07) is 12.0. The van der Waals surface area contributed by atoms with E-state index < -0.39 is 26.8 Å². The summed E-state index contributed by atoms with van der Waals surface area (Å²) in [6.07, 6.45) is 10.00. The highest BCUT2D eigenvalue weighted by Gasteiger charge is 2.52. The first-order valence-corrected chi connectivity index (χ1v) is 23.0. The molecule has 1 saturated carbocycles. The van der Waals surface area contributed by atoms with Gasteiger partial charge in [-0.3, -0.25) is 14.6 Å². The molecule has 5 aliphatic rings. The first-order valence-electron chi connectivity index (χ1n) is 21.1. The molecule has 7 rings (SSSR count). The zero-order valence-electron chi connectivity index (χ0n) is 34.1. The average Bonchev–Trinajstić information content (AvgIpc) is 3.17. The third-order valence-electron chi connectivity index (χ3n) is 13.5. The molecule has 1 N–H and O–H groups in total. The van der Waals surface area contributed by atoms with Crippen LogP contribution in [0.3, 0.4) is 0 Å². The van der Waals surface area contributed by atoms with Crippen LogP contribution in [0.1, 0.15) is 88.2 Å². The minimum absolute atomic E-state index is 0.106.